The Morgan fingerprint density at radius 1 is 1.33 bits per heavy atom. The lowest BCUT2D eigenvalue weighted by atomic mass is 9.87. The Bertz CT molecular complexity index is 949. The lowest BCUT2D eigenvalue weighted by Crippen LogP contribution is -2.28. The van der Waals surface area contributed by atoms with Gasteiger partial charge in [0.2, 0.25) is 5.91 Å². The third-order valence-corrected chi connectivity index (χ3v) is 4.95. The quantitative estimate of drug-likeness (QED) is 0.509. The van der Waals surface area contributed by atoms with Gasteiger partial charge >= 0.3 is 0 Å². The van der Waals surface area contributed by atoms with Gasteiger partial charge in [-0.15, -0.1) is 0 Å². The third-order valence-electron chi connectivity index (χ3n) is 4.95. The fraction of sp³-hybridized carbons (Fsp3) is 0.545. The number of imidazole rings is 1. The summed E-state index contributed by atoms with van der Waals surface area (Å²) < 4.78 is 0. The minimum absolute atomic E-state index is 0.0697. The van der Waals surface area contributed by atoms with Crippen LogP contribution < -0.4 is 5.32 Å². The first-order chi connectivity index (χ1) is 14.7. The Labute approximate surface area is 177 Å². The summed E-state index contributed by atoms with van der Waals surface area (Å²) in [5.74, 6) is 1.15. The van der Waals surface area contributed by atoms with Crippen LogP contribution in [0.25, 0.3) is 22.1 Å². The first kappa shape index (κ1) is 23.4. The molecular weight excluding hydrogens is 380 g/mol. The minimum Gasteiger partial charge on any atom is -0.395 e. The summed E-state index contributed by atoms with van der Waals surface area (Å²) >= 11 is 0. The predicted octanol–water partition coefficient (Wildman–Crippen LogP) is 3.60. The normalized spacial score (nSPS) is 13.7. The molecule has 1 fully saturated rings. The molecule has 0 unspecified atom stereocenters. The molecule has 30 heavy (non-hydrogen) atoms. The van der Waals surface area contributed by atoms with Crippen LogP contribution in [0.2, 0.25) is 0 Å². The van der Waals surface area contributed by atoms with Crippen LogP contribution in [-0.4, -0.2) is 44.1 Å². The van der Waals surface area contributed by atoms with Crippen LogP contribution in [0.1, 0.15) is 58.2 Å². The van der Waals surface area contributed by atoms with Crippen molar-refractivity contribution in [3.8, 4) is 6.07 Å². The number of aliphatic hydroxyl groups excluding tert-OH is 1. The average molecular weight is 413 g/mol. The molecule has 0 aromatic carbocycles. The lowest BCUT2D eigenvalue weighted by molar-refractivity contribution is -0.120. The van der Waals surface area contributed by atoms with E-state index in [4.69, 9.17) is 10.4 Å². The van der Waals surface area contributed by atoms with E-state index in [9.17, 15) is 4.79 Å². The molecule has 1 aliphatic carbocycles. The Hall–Kier alpha value is -2.92. The molecule has 8 nitrogen and oxygen atoms in total. The number of hydrogen-bond acceptors (Lipinski definition) is 5. The number of hydrogen-bond donors (Lipinski definition) is 4. The molecule has 1 saturated carbocycles. The Balaban J connectivity index is 0.000000245. The van der Waals surface area contributed by atoms with E-state index in [0.717, 1.165) is 34.4 Å². The number of nitrogens with one attached hydrogen (secondary N) is 3. The highest BCUT2D eigenvalue weighted by Crippen LogP contribution is 2.25. The maximum absolute atomic E-state index is 11.6. The van der Waals surface area contributed by atoms with Gasteiger partial charge in [-0.1, -0.05) is 33.1 Å². The van der Waals surface area contributed by atoms with Crippen molar-refractivity contribution in [3.63, 3.8) is 0 Å². The third kappa shape index (κ3) is 6.56. The highest BCUT2D eigenvalue weighted by Gasteiger charge is 2.12. The number of amides is 1. The van der Waals surface area contributed by atoms with E-state index in [1.807, 2.05) is 19.9 Å². The zero-order valence-corrected chi connectivity index (χ0v) is 17.9. The maximum atomic E-state index is 11.6. The number of carbonyl (C=O) groups excluding carboxylic acids is 1. The summed E-state index contributed by atoms with van der Waals surface area (Å²) in [5, 5.41) is 20.5. The van der Waals surface area contributed by atoms with Crippen molar-refractivity contribution in [1.29, 1.82) is 5.26 Å². The zero-order chi connectivity index (χ0) is 21.8. The number of carbonyl (C=O) groups is 1. The van der Waals surface area contributed by atoms with Gasteiger partial charge in [0.1, 0.15) is 17.0 Å². The average Bonchev–Trinajstić information content (AvgIpc) is 3.41. The van der Waals surface area contributed by atoms with Crippen molar-refractivity contribution in [3.05, 3.63) is 24.3 Å². The highest BCUT2D eigenvalue weighted by molar-refractivity contribution is 6.00. The van der Waals surface area contributed by atoms with Gasteiger partial charge in [-0.2, -0.15) is 5.26 Å². The monoisotopic (exact) mass is 412 g/mol. The van der Waals surface area contributed by atoms with E-state index in [1.165, 1.54) is 32.1 Å². The van der Waals surface area contributed by atoms with Crippen LogP contribution >= 0.6 is 0 Å². The fourth-order valence-corrected chi connectivity index (χ4v) is 3.54. The molecule has 0 spiro atoms. The lowest BCUT2D eigenvalue weighted by Gasteiger charge is -2.17. The van der Waals surface area contributed by atoms with Gasteiger partial charge in [0, 0.05) is 24.5 Å². The SMILES string of the molecule is CC.N#CCC1CCCCC1.O=C(Cc1nc2c(cnc3[nH]ccc32)[nH]1)NCCO. The van der Waals surface area contributed by atoms with Crippen molar-refractivity contribution < 1.29 is 9.90 Å². The highest BCUT2D eigenvalue weighted by atomic mass is 16.3. The topological polar surface area (TPSA) is 130 Å². The number of pyridine rings is 1. The molecule has 1 aliphatic rings. The number of aromatic nitrogens is 4. The number of aromatic amines is 2. The van der Waals surface area contributed by atoms with E-state index in [2.05, 4.69) is 31.3 Å². The summed E-state index contributed by atoms with van der Waals surface area (Å²) in [6.45, 7) is 4.18. The van der Waals surface area contributed by atoms with Crippen LogP contribution in [0.5, 0.6) is 0 Å². The summed E-state index contributed by atoms with van der Waals surface area (Å²) in [4.78, 5) is 26.3. The number of nitriles is 1. The minimum atomic E-state index is -0.175. The van der Waals surface area contributed by atoms with Crippen molar-refractivity contribution in [2.45, 2.75) is 58.8 Å². The van der Waals surface area contributed by atoms with Gasteiger partial charge in [-0.05, 0) is 24.8 Å². The molecular formula is C22H32N6O2. The zero-order valence-electron chi connectivity index (χ0n) is 17.9. The Morgan fingerprint density at radius 2 is 2.10 bits per heavy atom. The van der Waals surface area contributed by atoms with E-state index < -0.39 is 0 Å². The number of nitrogens with zero attached hydrogens (tertiary/aromatic N) is 3. The molecule has 4 N–H and O–H groups in total. The second kappa shape index (κ2) is 12.6. The van der Waals surface area contributed by atoms with E-state index in [1.54, 1.807) is 12.4 Å². The molecule has 8 heteroatoms. The molecule has 4 rings (SSSR count). The molecule has 0 saturated heterocycles. The van der Waals surface area contributed by atoms with Crippen LogP contribution in [0.3, 0.4) is 0 Å². The van der Waals surface area contributed by atoms with Gasteiger partial charge in [0.25, 0.3) is 0 Å². The predicted molar refractivity (Wildman–Crippen MR) is 118 cm³/mol. The summed E-state index contributed by atoms with van der Waals surface area (Å²) in [6.07, 6.45) is 11.1. The van der Waals surface area contributed by atoms with Gasteiger partial charge < -0.3 is 20.4 Å². The van der Waals surface area contributed by atoms with E-state index in [0.29, 0.717) is 5.82 Å². The maximum Gasteiger partial charge on any atom is 0.227 e. The van der Waals surface area contributed by atoms with Gasteiger partial charge in [-0.25, -0.2) is 9.97 Å². The summed E-state index contributed by atoms with van der Waals surface area (Å²) in [5.41, 5.74) is 2.38. The summed E-state index contributed by atoms with van der Waals surface area (Å²) in [6, 6.07) is 4.14. The van der Waals surface area contributed by atoms with Crippen LogP contribution in [0.4, 0.5) is 0 Å². The molecule has 1 amide bonds. The molecule has 3 aromatic rings. The van der Waals surface area contributed by atoms with Crippen LogP contribution in [0.15, 0.2) is 18.5 Å². The first-order valence-electron chi connectivity index (χ1n) is 10.8. The van der Waals surface area contributed by atoms with Crippen molar-refractivity contribution in [1.82, 2.24) is 25.3 Å². The molecule has 3 aromatic heterocycles. The Morgan fingerprint density at radius 3 is 2.80 bits per heavy atom. The van der Waals surface area contributed by atoms with Gasteiger partial charge in [0.15, 0.2) is 0 Å². The summed E-state index contributed by atoms with van der Waals surface area (Å²) in [7, 11) is 0. The van der Waals surface area contributed by atoms with Crippen molar-refractivity contribution >= 4 is 28.0 Å². The Kier molecular flexibility index (Phi) is 9.81. The smallest absolute Gasteiger partial charge is 0.227 e. The molecule has 162 valence electrons. The van der Waals surface area contributed by atoms with Crippen LogP contribution in [0, 0.1) is 17.2 Å². The standard InChI is InChI=1S/C12H13N5O2.C8H13N.C2H6/c18-4-3-13-10(19)5-9-16-8-6-15-12-7(1-2-14-12)11(8)17-9;9-7-6-8-4-2-1-3-5-8;1-2/h1-2,6,18H,3-5H2,(H,13,19)(H,14,15)(H,16,17);8H,1-6H2;1-2H3. The first-order valence-corrected chi connectivity index (χ1v) is 10.8. The van der Waals surface area contributed by atoms with Gasteiger partial charge in [-0.3, -0.25) is 4.79 Å². The molecule has 3 heterocycles. The number of aliphatic hydroxyl groups is 1. The molecule has 0 radical (unpaired) electrons. The van der Waals surface area contributed by atoms with Crippen LogP contribution in [-0.2, 0) is 11.2 Å². The molecule has 0 atom stereocenters. The van der Waals surface area contributed by atoms with Crippen molar-refractivity contribution in [2.24, 2.45) is 5.92 Å². The van der Waals surface area contributed by atoms with E-state index in [-0.39, 0.29) is 25.5 Å². The number of fused-ring (bicyclic) bond motifs is 3. The molecule has 0 bridgehead atoms. The number of rotatable bonds is 5. The van der Waals surface area contributed by atoms with Crippen molar-refractivity contribution in [2.75, 3.05) is 13.2 Å². The van der Waals surface area contributed by atoms with Gasteiger partial charge in [0.05, 0.1) is 30.8 Å². The largest absolute Gasteiger partial charge is 0.395 e. The second-order valence-corrected chi connectivity index (χ2v) is 7.06. The second-order valence-electron chi connectivity index (χ2n) is 7.06. The molecule has 0 aliphatic heterocycles. The number of H-pyrrole nitrogens is 2. The van der Waals surface area contributed by atoms with E-state index >= 15 is 0 Å². The fourth-order valence-electron chi connectivity index (χ4n) is 3.54.